The van der Waals surface area contributed by atoms with Crippen molar-refractivity contribution >= 4 is 5.91 Å². The summed E-state index contributed by atoms with van der Waals surface area (Å²) < 4.78 is 0. The Morgan fingerprint density at radius 3 is 2.55 bits per heavy atom. The summed E-state index contributed by atoms with van der Waals surface area (Å²) in [6, 6.07) is 9.45. The standard InChI is InChI=1S/C16H20N4O2/c17-9-15(16(22)20-7-5-18-6-8-20)11-19-10-13-1-3-14(12-21)4-2-13/h1-4,11,18-19,21H,5-8,10,12H2/b15-11-. The van der Waals surface area contributed by atoms with Gasteiger partial charge in [0, 0.05) is 38.9 Å². The molecule has 0 aliphatic carbocycles. The Morgan fingerprint density at radius 1 is 1.32 bits per heavy atom. The van der Waals surface area contributed by atoms with E-state index in [1.54, 1.807) is 4.90 Å². The molecule has 0 aromatic heterocycles. The fourth-order valence-electron chi connectivity index (χ4n) is 2.21. The Bertz CT molecular complexity index is 569. The van der Waals surface area contributed by atoms with Gasteiger partial charge in [-0.05, 0) is 11.1 Å². The monoisotopic (exact) mass is 300 g/mol. The third-order valence-electron chi connectivity index (χ3n) is 3.51. The van der Waals surface area contributed by atoms with Crippen molar-refractivity contribution in [2.75, 3.05) is 26.2 Å². The van der Waals surface area contributed by atoms with Crippen molar-refractivity contribution in [1.82, 2.24) is 15.5 Å². The zero-order valence-corrected chi connectivity index (χ0v) is 12.4. The molecule has 0 unspecified atom stereocenters. The van der Waals surface area contributed by atoms with Crippen LogP contribution in [-0.4, -0.2) is 42.1 Å². The number of carbonyl (C=O) groups is 1. The van der Waals surface area contributed by atoms with Gasteiger partial charge in [-0.15, -0.1) is 0 Å². The SMILES string of the molecule is N#C/C(=C/NCc1ccc(CO)cc1)C(=O)N1CCNCC1. The van der Waals surface area contributed by atoms with Crippen LogP contribution < -0.4 is 10.6 Å². The van der Waals surface area contributed by atoms with Gasteiger partial charge >= 0.3 is 0 Å². The summed E-state index contributed by atoms with van der Waals surface area (Å²) in [6.45, 7) is 3.31. The van der Waals surface area contributed by atoms with Crippen LogP contribution in [0.4, 0.5) is 0 Å². The Balaban J connectivity index is 1.91. The first-order valence-electron chi connectivity index (χ1n) is 7.27. The summed E-state index contributed by atoms with van der Waals surface area (Å²) in [5.74, 6) is -0.230. The molecule has 22 heavy (non-hydrogen) atoms. The molecule has 116 valence electrons. The van der Waals surface area contributed by atoms with Crippen LogP contribution in [0.15, 0.2) is 36.0 Å². The minimum Gasteiger partial charge on any atom is -0.392 e. The maximum Gasteiger partial charge on any atom is 0.266 e. The van der Waals surface area contributed by atoms with Gasteiger partial charge in [0.1, 0.15) is 11.6 Å². The second-order valence-electron chi connectivity index (χ2n) is 5.07. The molecule has 6 heteroatoms. The quantitative estimate of drug-likeness (QED) is 0.530. The van der Waals surface area contributed by atoms with Gasteiger partial charge in [0.25, 0.3) is 5.91 Å². The number of benzene rings is 1. The fraction of sp³-hybridized carbons (Fsp3) is 0.375. The maximum atomic E-state index is 12.2. The largest absolute Gasteiger partial charge is 0.392 e. The highest BCUT2D eigenvalue weighted by Crippen LogP contribution is 2.05. The molecule has 1 aliphatic rings. The average molecular weight is 300 g/mol. The van der Waals surface area contributed by atoms with Gasteiger partial charge in [-0.1, -0.05) is 24.3 Å². The van der Waals surface area contributed by atoms with E-state index in [0.29, 0.717) is 19.6 Å². The lowest BCUT2D eigenvalue weighted by molar-refractivity contribution is -0.127. The van der Waals surface area contributed by atoms with Gasteiger partial charge < -0.3 is 20.6 Å². The van der Waals surface area contributed by atoms with E-state index < -0.39 is 0 Å². The number of nitrogens with zero attached hydrogens (tertiary/aromatic N) is 2. The lowest BCUT2D eigenvalue weighted by Gasteiger charge is -2.27. The molecule has 3 N–H and O–H groups in total. The van der Waals surface area contributed by atoms with Crippen LogP contribution >= 0.6 is 0 Å². The van der Waals surface area contributed by atoms with E-state index in [1.807, 2.05) is 30.3 Å². The predicted molar refractivity (Wildman–Crippen MR) is 82.4 cm³/mol. The minimum absolute atomic E-state index is 0.0192. The number of hydrogen-bond acceptors (Lipinski definition) is 5. The lowest BCUT2D eigenvalue weighted by atomic mass is 10.1. The van der Waals surface area contributed by atoms with Gasteiger partial charge in [0.05, 0.1) is 6.61 Å². The molecule has 1 aliphatic heterocycles. The average Bonchev–Trinajstić information content (AvgIpc) is 2.59. The smallest absolute Gasteiger partial charge is 0.266 e. The molecule has 1 saturated heterocycles. The number of piperazine rings is 1. The van der Waals surface area contributed by atoms with E-state index in [2.05, 4.69) is 10.6 Å². The predicted octanol–water partition coefficient (Wildman–Crippen LogP) is 0.108. The number of aliphatic hydroxyl groups is 1. The summed E-state index contributed by atoms with van der Waals surface area (Å²) in [7, 11) is 0. The fourth-order valence-corrected chi connectivity index (χ4v) is 2.21. The Kier molecular flexibility index (Phi) is 5.95. The lowest BCUT2D eigenvalue weighted by Crippen LogP contribution is -2.46. The number of rotatable bonds is 5. The van der Waals surface area contributed by atoms with E-state index in [4.69, 9.17) is 10.4 Å². The van der Waals surface area contributed by atoms with Crippen molar-refractivity contribution in [3.63, 3.8) is 0 Å². The number of aliphatic hydroxyl groups excluding tert-OH is 1. The molecule has 0 bridgehead atoms. The molecule has 2 rings (SSSR count). The summed E-state index contributed by atoms with van der Waals surface area (Å²) in [5.41, 5.74) is 1.99. The third-order valence-corrected chi connectivity index (χ3v) is 3.51. The second kappa shape index (κ2) is 8.17. The van der Waals surface area contributed by atoms with Gasteiger partial charge in [-0.2, -0.15) is 5.26 Å². The van der Waals surface area contributed by atoms with Crippen molar-refractivity contribution in [3.05, 3.63) is 47.2 Å². The molecule has 1 aromatic rings. The van der Waals surface area contributed by atoms with Crippen LogP contribution in [0.25, 0.3) is 0 Å². The van der Waals surface area contributed by atoms with Crippen LogP contribution in [0.3, 0.4) is 0 Å². The van der Waals surface area contributed by atoms with Gasteiger partial charge in [0.15, 0.2) is 0 Å². The molecule has 6 nitrogen and oxygen atoms in total. The summed E-state index contributed by atoms with van der Waals surface area (Å²) in [6.07, 6.45) is 1.48. The first-order chi connectivity index (χ1) is 10.7. The van der Waals surface area contributed by atoms with Gasteiger partial charge in [0.2, 0.25) is 0 Å². The normalized spacial score (nSPS) is 15.3. The highest BCUT2D eigenvalue weighted by Gasteiger charge is 2.19. The Morgan fingerprint density at radius 2 is 1.95 bits per heavy atom. The van der Waals surface area contributed by atoms with E-state index in [0.717, 1.165) is 24.2 Å². The molecular formula is C16H20N4O2. The molecule has 0 saturated carbocycles. The summed E-state index contributed by atoms with van der Waals surface area (Å²) in [4.78, 5) is 13.9. The molecule has 1 fully saturated rings. The molecule has 1 amide bonds. The molecule has 0 atom stereocenters. The zero-order valence-electron chi connectivity index (χ0n) is 12.4. The highest BCUT2D eigenvalue weighted by molar-refractivity contribution is 5.97. The number of hydrogen-bond donors (Lipinski definition) is 3. The van der Waals surface area contributed by atoms with E-state index in [9.17, 15) is 4.79 Å². The van der Waals surface area contributed by atoms with Crippen molar-refractivity contribution in [2.45, 2.75) is 13.2 Å². The number of amides is 1. The van der Waals surface area contributed by atoms with Crippen LogP contribution in [0.5, 0.6) is 0 Å². The molecular weight excluding hydrogens is 280 g/mol. The van der Waals surface area contributed by atoms with E-state index >= 15 is 0 Å². The summed E-state index contributed by atoms with van der Waals surface area (Å²) in [5, 5.41) is 24.3. The van der Waals surface area contributed by atoms with Crippen LogP contribution in [-0.2, 0) is 17.9 Å². The van der Waals surface area contributed by atoms with Crippen LogP contribution in [0.1, 0.15) is 11.1 Å². The van der Waals surface area contributed by atoms with Gasteiger partial charge in [-0.25, -0.2) is 0 Å². The first-order valence-corrected chi connectivity index (χ1v) is 7.27. The van der Waals surface area contributed by atoms with Crippen molar-refractivity contribution in [2.24, 2.45) is 0 Å². The Labute approximate surface area is 130 Å². The zero-order chi connectivity index (χ0) is 15.8. The minimum atomic E-state index is -0.230. The van der Waals surface area contributed by atoms with Crippen molar-refractivity contribution < 1.29 is 9.90 Å². The Hall–Kier alpha value is -2.36. The second-order valence-corrected chi connectivity index (χ2v) is 5.07. The maximum absolute atomic E-state index is 12.2. The van der Waals surface area contributed by atoms with Crippen molar-refractivity contribution in [3.8, 4) is 6.07 Å². The topological polar surface area (TPSA) is 88.4 Å². The van der Waals surface area contributed by atoms with Crippen LogP contribution in [0.2, 0.25) is 0 Å². The van der Waals surface area contributed by atoms with Crippen molar-refractivity contribution in [1.29, 1.82) is 5.26 Å². The van der Waals surface area contributed by atoms with E-state index in [-0.39, 0.29) is 18.1 Å². The number of nitrogens with one attached hydrogen (secondary N) is 2. The van der Waals surface area contributed by atoms with Crippen LogP contribution in [0, 0.1) is 11.3 Å². The third kappa shape index (κ3) is 4.32. The molecule has 0 spiro atoms. The van der Waals surface area contributed by atoms with E-state index in [1.165, 1.54) is 6.20 Å². The first kappa shape index (κ1) is 16.0. The number of carbonyl (C=O) groups excluding carboxylic acids is 1. The highest BCUT2D eigenvalue weighted by atomic mass is 16.3. The van der Waals surface area contributed by atoms with Gasteiger partial charge in [-0.3, -0.25) is 4.79 Å². The summed E-state index contributed by atoms with van der Waals surface area (Å²) >= 11 is 0. The molecule has 1 aromatic carbocycles. The molecule has 1 heterocycles. The molecule has 0 radical (unpaired) electrons. The number of nitriles is 1.